The highest BCUT2D eigenvalue weighted by Gasteiger charge is 2.51. The van der Waals surface area contributed by atoms with Gasteiger partial charge in [-0.15, -0.1) is 12.4 Å². The normalized spacial score (nSPS) is 26.5. The van der Waals surface area contributed by atoms with Gasteiger partial charge in [0.25, 0.3) is 0 Å². The van der Waals surface area contributed by atoms with Gasteiger partial charge in [0.05, 0.1) is 11.2 Å². The first kappa shape index (κ1) is 25.5. The number of hydrogen-bond donors (Lipinski definition) is 1. The fraction of sp³-hybridized carbons (Fsp3) is 0.667. The van der Waals surface area contributed by atoms with E-state index in [4.69, 9.17) is 19.6 Å². The maximum absolute atomic E-state index is 12.9. The Morgan fingerprint density at radius 1 is 1.26 bits per heavy atom. The number of benzene rings is 1. The zero-order valence-corrected chi connectivity index (χ0v) is 19.5. The third-order valence-electron chi connectivity index (χ3n) is 6.42. The molecular formula is C21H32BClN4O4. The molecule has 2 aliphatic heterocycles. The number of nitrogens with zero attached hydrogens (tertiary/aromatic N) is 3. The van der Waals surface area contributed by atoms with E-state index in [0.717, 1.165) is 18.5 Å². The van der Waals surface area contributed by atoms with Crippen LogP contribution in [0.3, 0.4) is 0 Å². The number of halogens is 1. The number of azide groups is 1. The van der Waals surface area contributed by atoms with Crippen molar-refractivity contribution in [3.8, 4) is 0 Å². The van der Waals surface area contributed by atoms with E-state index in [0.29, 0.717) is 12.7 Å². The van der Waals surface area contributed by atoms with E-state index in [9.17, 15) is 4.79 Å². The molecule has 0 aromatic heterocycles. The van der Waals surface area contributed by atoms with Gasteiger partial charge in [0.15, 0.2) is 5.54 Å². The van der Waals surface area contributed by atoms with Crippen molar-refractivity contribution in [1.29, 1.82) is 0 Å². The molecule has 8 nitrogen and oxygen atoms in total. The zero-order valence-electron chi connectivity index (χ0n) is 18.7. The van der Waals surface area contributed by atoms with Gasteiger partial charge in [-0.2, -0.15) is 0 Å². The van der Waals surface area contributed by atoms with Crippen LogP contribution in [0.2, 0.25) is 6.32 Å². The van der Waals surface area contributed by atoms with Crippen LogP contribution in [0.25, 0.3) is 10.4 Å². The van der Waals surface area contributed by atoms with Crippen LogP contribution in [0.5, 0.6) is 0 Å². The van der Waals surface area contributed by atoms with Crippen LogP contribution in [-0.4, -0.2) is 42.9 Å². The minimum absolute atomic E-state index is 0. The Balaban J connectivity index is 0.00000341. The fourth-order valence-corrected chi connectivity index (χ4v) is 3.98. The number of carbonyl (C=O) groups is 1. The molecule has 0 spiro atoms. The summed E-state index contributed by atoms with van der Waals surface area (Å²) in [4.78, 5) is 15.8. The Kier molecular flexibility index (Phi) is 8.42. The van der Waals surface area contributed by atoms with Gasteiger partial charge in [-0.25, -0.2) is 0 Å². The second-order valence-corrected chi connectivity index (χ2v) is 9.25. The number of piperidine rings is 1. The van der Waals surface area contributed by atoms with Crippen molar-refractivity contribution in [3.05, 3.63) is 46.3 Å². The van der Waals surface area contributed by atoms with Crippen molar-refractivity contribution >= 4 is 25.5 Å². The number of carbonyl (C=O) groups excluding carboxylic acids is 1. The molecule has 0 saturated carbocycles. The lowest BCUT2D eigenvalue weighted by atomic mass is 9.75. The molecule has 0 aliphatic carbocycles. The average Bonchev–Trinajstić information content (AvgIpc) is 2.92. The van der Waals surface area contributed by atoms with E-state index in [1.165, 1.54) is 0 Å². The van der Waals surface area contributed by atoms with Crippen LogP contribution in [0.1, 0.15) is 46.1 Å². The lowest BCUT2D eigenvalue weighted by Crippen LogP contribution is -2.53. The molecule has 2 heterocycles. The molecule has 0 unspecified atom stereocenters. The van der Waals surface area contributed by atoms with Gasteiger partial charge < -0.3 is 19.4 Å². The monoisotopic (exact) mass is 450 g/mol. The SMILES string of the molecule is CC1(C)OB(CC[C@H]2CNC[C@@](N=[N+]=[N-])(C(=O)OCc3ccccc3)C2)OC1(C)C.Cl. The largest absolute Gasteiger partial charge is 0.460 e. The second kappa shape index (κ2) is 10.2. The van der Waals surface area contributed by atoms with Crippen LogP contribution < -0.4 is 5.32 Å². The molecule has 10 heteroatoms. The van der Waals surface area contributed by atoms with E-state index >= 15 is 0 Å². The lowest BCUT2D eigenvalue weighted by Gasteiger charge is -2.36. The molecule has 31 heavy (non-hydrogen) atoms. The summed E-state index contributed by atoms with van der Waals surface area (Å²) in [7, 11) is -0.282. The number of rotatable bonds is 7. The third kappa shape index (κ3) is 5.93. The van der Waals surface area contributed by atoms with E-state index in [1.807, 2.05) is 58.0 Å². The zero-order chi connectivity index (χ0) is 21.8. The predicted octanol–water partition coefficient (Wildman–Crippen LogP) is 4.29. The highest BCUT2D eigenvalue weighted by Crippen LogP contribution is 2.39. The Labute approximate surface area is 190 Å². The molecule has 2 aliphatic rings. The van der Waals surface area contributed by atoms with Crippen molar-refractivity contribution in [1.82, 2.24) is 5.32 Å². The predicted molar refractivity (Wildman–Crippen MR) is 122 cm³/mol. The first-order valence-electron chi connectivity index (χ1n) is 10.5. The Hall–Kier alpha value is -1.77. The summed E-state index contributed by atoms with van der Waals surface area (Å²) < 4.78 is 17.7. The molecule has 1 N–H and O–H groups in total. The molecule has 0 amide bonds. The van der Waals surface area contributed by atoms with E-state index in [2.05, 4.69) is 15.3 Å². The van der Waals surface area contributed by atoms with Crippen molar-refractivity contribution < 1.29 is 18.8 Å². The van der Waals surface area contributed by atoms with Crippen molar-refractivity contribution in [2.45, 2.75) is 70.2 Å². The quantitative estimate of drug-likeness (QED) is 0.219. The molecule has 0 radical (unpaired) electrons. The summed E-state index contributed by atoms with van der Waals surface area (Å²) in [6.07, 6.45) is 1.94. The minimum Gasteiger partial charge on any atom is -0.460 e. The Morgan fingerprint density at radius 2 is 1.90 bits per heavy atom. The van der Waals surface area contributed by atoms with Crippen LogP contribution in [0.4, 0.5) is 0 Å². The van der Waals surface area contributed by atoms with Gasteiger partial charge in [0, 0.05) is 11.5 Å². The van der Waals surface area contributed by atoms with Gasteiger partial charge >= 0.3 is 13.1 Å². The van der Waals surface area contributed by atoms with E-state index in [-0.39, 0.29) is 49.8 Å². The molecule has 1 aromatic carbocycles. The summed E-state index contributed by atoms with van der Waals surface area (Å²) in [5.41, 5.74) is 8.04. The van der Waals surface area contributed by atoms with Crippen molar-refractivity contribution in [2.24, 2.45) is 11.0 Å². The molecule has 2 fully saturated rings. The standard InChI is InChI=1S/C21H31BN4O4.ClH/c1-19(2)20(3,4)30-22(29-19)11-10-17-12-21(25-26-23,15-24-13-17)18(27)28-14-16-8-6-5-7-9-16;/h5-9,17,24H,10-15H2,1-4H3;1H/t17-,21-;/m1./s1. The van der Waals surface area contributed by atoms with E-state index in [1.54, 1.807) is 0 Å². The van der Waals surface area contributed by atoms with Crippen molar-refractivity contribution in [2.75, 3.05) is 13.1 Å². The summed E-state index contributed by atoms with van der Waals surface area (Å²) in [5, 5.41) is 7.13. The molecule has 2 saturated heterocycles. The third-order valence-corrected chi connectivity index (χ3v) is 6.42. The topological polar surface area (TPSA) is 106 Å². The first-order chi connectivity index (χ1) is 14.2. The molecule has 170 valence electrons. The molecular weight excluding hydrogens is 419 g/mol. The van der Waals surface area contributed by atoms with Crippen LogP contribution in [-0.2, 0) is 25.4 Å². The molecule has 3 rings (SSSR count). The minimum atomic E-state index is -1.23. The fourth-order valence-electron chi connectivity index (χ4n) is 3.98. The smallest absolute Gasteiger partial charge is 0.457 e. The summed E-state index contributed by atoms with van der Waals surface area (Å²) in [6.45, 7) is 9.30. The van der Waals surface area contributed by atoms with Gasteiger partial charge in [0.1, 0.15) is 6.61 Å². The number of hydrogen-bond acceptors (Lipinski definition) is 6. The number of ether oxygens (including phenoxy) is 1. The van der Waals surface area contributed by atoms with Crippen molar-refractivity contribution in [3.63, 3.8) is 0 Å². The molecule has 1 aromatic rings. The second-order valence-electron chi connectivity index (χ2n) is 9.25. The summed E-state index contributed by atoms with van der Waals surface area (Å²) in [5.74, 6) is -0.343. The molecule has 2 atom stereocenters. The van der Waals surface area contributed by atoms with E-state index < -0.39 is 11.5 Å². The van der Waals surface area contributed by atoms with Gasteiger partial charge in [0.2, 0.25) is 0 Å². The average molecular weight is 451 g/mol. The highest BCUT2D eigenvalue weighted by atomic mass is 35.5. The summed E-state index contributed by atoms with van der Waals surface area (Å²) in [6, 6.07) is 9.46. The van der Waals surface area contributed by atoms with Gasteiger partial charge in [-0.3, -0.25) is 4.79 Å². The molecule has 0 bridgehead atoms. The van der Waals surface area contributed by atoms with Gasteiger partial charge in [-0.05, 0) is 64.0 Å². The first-order valence-corrected chi connectivity index (χ1v) is 10.5. The number of nitrogens with one attached hydrogen (secondary N) is 1. The lowest BCUT2D eigenvalue weighted by molar-refractivity contribution is -0.152. The number of esters is 1. The maximum Gasteiger partial charge on any atom is 0.457 e. The maximum atomic E-state index is 12.9. The van der Waals surface area contributed by atoms with Crippen LogP contribution >= 0.6 is 12.4 Å². The Morgan fingerprint density at radius 3 is 2.52 bits per heavy atom. The van der Waals surface area contributed by atoms with Crippen LogP contribution in [0.15, 0.2) is 35.4 Å². The van der Waals surface area contributed by atoms with Crippen LogP contribution in [0, 0.1) is 5.92 Å². The summed E-state index contributed by atoms with van der Waals surface area (Å²) >= 11 is 0. The highest BCUT2D eigenvalue weighted by molar-refractivity contribution is 6.45. The Bertz CT molecular complexity index is 788. The van der Waals surface area contributed by atoms with Gasteiger partial charge in [-0.1, -0.05) is 41.9 Å².